The Hall–Kier alpha value is -2.04. The van der Waals surface area contributed by atoms with Gasteiger partial charge in [0, 0.05) is 22.6 Å². The van der Waals surface area contributed by atoms with Crippen molar-refractivity contribution in [3.63, 3.8) is 0 Å². The standard InChI is InChI=1S/C22H26Cl2N2O2/c1-4-15(2)25-22(28)16(3)26(14-17-8-10-19(23)11-9-17)21(27)13-18-6-5-7-20(24)12-18/h5-12,15-16H,4,13-14H2,1-3H3,(H,25,28)/t15-,16+/m1/s1. The normalized spacial score (nSPS) is 12.9. The van der Waals surface area contributed by atoms with Crippen LogP contribution in [-0.2, 0) is 22.6 Å². The fourth-order valence-corrected chi connectivity index (χ4v) is 3.10. The molecule has 0 aromatic heterocycles. The largest absolute Gasteiger partial charge is 0.352 e. The highest BCUT2D eigenvalue weighted by Gasteiger charge is 2.26. The summed E-state index contributed by atoms with van der Waals surface area (Å²) in [5, 5.41) is 4.17. The lowest BCUT2D eigenvalue weighted by Crippen LogP contribution is -2.49. The van der Waals surface area contributed by atoms with Crippen LogP contribution in [0.2, 0.25) is 10.0 Å². The molecule has 2 atom stereocenters. The molecule has 2 rings (SSSR count). The molecule has 0 saturated heterocycles. The smallest absolute Gasteiger partial charge is 0.242 e. The van der Waals surface area contributed by atoms with Crippen LogP contribution in [0.3, 0.4) is 0 Å². The molecule has 0 saturated carbocycles. The number of nitrogens with zero attached hydrogens (tertiary/aromatic N) is 1. The topological polar surface area (TPSA) is 49.4 Å². The van der Waals surface area contributed by atoms with Crippen LogP contribution < -0.4 is 5.32 Å². The van der Waals surface area contributed by atoms with E-state index in [0.717, 1.165) is 17.5 Å². The molecule has 150 valence electrons. The Bertz CT molecular complexity index is 808. The van der Waals surface area contributed by atoms with E-state index in [9.17, 15) is 9.59 Å². The van der Waals surface area contributed by atoms with E-state index in [1.807, 2.05) is 38.1 Å². The number of hydrogen-bond donors (Lipinski definition) is 1. The second kappa shape index (κ2) is 10.5. The van der Waals surface area contributed by atoms with Gasteiger partial charge in [0.25, 0.3) is 0 Å². The van der Waals surface area contributed by atoms with Gasteiger partial charge in [-0.05, 0) is 55.7 Å². The zero-order chi connectivity index (χ0) is 20.7. The zero-order valence-corrected chi connectivity index (χ0v) is 17.9. The quantitative estimate of drug-likeness (QED) is 0.661. The summed E-state index contributed by atoms with van der Waals surface area (Å²) >= 11 is 12.0. The van der Waals surface area contributed by atoms with Crippen LogP contribution in [-0.4, -0.2) is 28.8 Å². The van der Waals surface area contributed by atoms with E-state index in [-0.39, 0.29) is 24.3 Å². The SMILES string of the molecule is CC[C@@H](C)NC(=O)[C@H](C)N(Cc1ccc(Cl)cc1)C(=O)Cc1cccc(Cl)c1. The molecule has 28 heavy (non-hydrogen) atoms. The molecule has 6 heteroatoms. The molecule has 0 aliphatic rings. The van der Waals surface area contributed by atoms with Crippen LogP contribution in [0.25, 0.3) is 0 Å². The molecular weight excluding hydrogens is 395 g/mol. The summed E-state index contributed by atoms with van der Waals surface area (Å²) in [6, 6.07) is 13.9. The van der Waals surface area contributed by atoms with Gasteiger partial charge in [0.1, 0.15) is 6.04 Å². The Balaban J connectivity index is 2.22. The second-order valence-electron chi connectivity index (χ2n) is 6.95. The average Bonchev–Trinajstić information content (AvgIpc) is 2.66. The number of benzene rings is 2. The van der Waals surface area contributed by atoms with Gasteiger partial charge < -0.3 is 10.2 Å². The summed E-state index contributed by atoms with van der Waals surface area (Å²) < 4.78 is 0. The van der Waals surface area contributed by atoms with Gasteiger partial charge in [0.05, 0.1) is 6.42 Å². The van der Waals surface area contributed by atoms with Gasteiger partial charge in [-0.2, -0.15) is 0 Å². The highest BCUT2D eigenvalue weighted by Crippen LogP contribution is 2.17. The number of rotatable bonds is 8. The molecule has 1 N–H and O–H groups in total. The Kier molecular flexibility index (Phi) is 8.34. The van der Waals surface area contributed by atoms with Crippen LogP contribution in [0, 0.1) is 0 Å². The predicted octanol–water partition coefficient (Wildman–Crippen LogP) is 4.87. The lowest BCUT2D eigenvalue weighted by Gasteiger charge is -2.30. The molecule has 4 nitrogen and oxygen atoms in total. The van der Waals surface area contributed by atoms with Gasteiger partial charge in [-0.25, -0.2) is 0 Å². The van der Waals surface area contributed by atoms with E-state index in [1.165, 1.54) is 0 Å². The van der Waals surface area contributed by atoms with Gasteiger partial charge in [0.2, 0.25) is 11.8 Å². The first-order chi connectivity index (χ1) is 13.3. The first-order valence-corrected chi connectivity index (χ1v) is 10.1. The van der Waals surface area contributed by atoms with Crippen molar-refractivity contribution in [2.24, 2.45) is 0 Å². The highest BCUT2D eigenvalue weighted by atomic mass is 35.5. The molecule has 0 aliphatic heterocycles. The van der Waals surface area contributed by atoms with Gasteiger partial charge in [-0.15, -0.1) is 0 Å². The van der Waals surface area contributed by atoms with Gasteiger partial charge in [0.15, 0.2) is 0 Å². The van der Waals surface area contributed by atoms with Crippen molar-refractivity contribution >= 4 is 35.0 Å². The van der Waals surface area contributed by atoms with E-state index < -0.39 is 6.04 Å². The molecule has 0 unspecified atom stereocenters. The van der Waals surface area contributed by atoms with E-state index >= 15 is 0 Å². The minimum absolute atomic E-state index is 0.0513. The van der Waals surface area contributed by atoms with Crippen LogP contribution in [0.4, 0.5) is 0 Å². The van der Waals surface area contributed by atoms with E-state index in [1.54, 1.807) is 36.1 Å². The molecule has 0 bridgehead atoms. The summed E-state index contributed by atoms with van der Waals surface area (Å²) in [4.78, 5) is 27.3. The summed E-state index contributed by atoms with van der Waals surface area (Å²) in [5.74, 6) is -0.299. The van der Waals surface area contributed by atoms with Crippen molar-refractivity contribution in [2.45, 2.75) is 52.2 Å². The van der Waals surface area contributed by atoms with Crippen molar-refractivity contribution in [2.75, 3.05) is 0 Å². The Morgan fingerprint density at radius 1 is 1.00 bits per heavy atom. The Morgan fingerprint density at radius 2 is 1.68 bits per heavy atom. The van der Waals surface area contributed by atoms with Gasteiger partial charge in [-0.1, -0.05) is 54.4 Å². The lowest BCUT2D eigenvalue weighted by molar-refractivity contribution is -0.140. The minimum atomic E-state index is -0.601. The molecular formula is C22H26Cl2N2O2. The van der Waals surface area contributed by atoms with E-state index in [4.69, 9.17) is 23.2 Å². The van der Waals surface area contributed by atoms with Crippen molar-refractivity contribution in [1.82, 2.24) is 10.2 Å². The monoisotopic (exact) mass is 420 g/mol. The van der Waals surface area contributed by atoms with Crippen molar-refractivity contribution in [1.29, 1.82) is 0 Å². The van der Waals surface area contributed by atoms with Gasteiger partial charge >= 0.3 is 0 Å². The summed E-state index contributed by atoms with van der Waals surface area (Å²) in [5.41, 5.74) is 1.72. The van der Waals surface area contributed by atoms with Crippen LogP contribution in [0.1, 0.15) is 38.3 Å². The molecule has 2 amide bonds. The molecule has 2 aromatic carbocycles. The maximum atomic E-state index is 13.1. The second-order valence-corrected chi connectivity index (χ2v) is 7.82. The summed E-state index contributed by atoms with van der Waals surface area (Å²) in [6.45, 7) is 6.03. The van der Waals surface area contributed by atoms with Crippen molar-refractivity contribution < 1.29 is 9.59 Å². The summed E-state index contributed by atoms with van der Waals surface area (Å²) in [6.07, 6.45) is 1.00. The predicted molar refractivity (Wildman–Crippen MR) is 115 cm³/mol. The molecule has 0 spiro atoms. The van der Waals surface area contributed by atoms with E-state index in [0.29, 0.717) is 16.6 Å². The molecule has 0 radical (unpaired) electrons. The summed E-state index contributed by atoms with van der Waals surface area (Å²) in [7, 11) is 0. The first-order valence-electron chi connectivity index (χ1n) is 9.39. The third-order valence-electron chi connectivity index (χ3n) is 4.68. The Labute approximate surface area is 176 Å². The maximum absolute atomic E-state index is 13.1. The van der Waals surface area contributed by atoms with E-state index in [2.05, 4.69) is 5.32 Å². The fraction of sp³-hybridized carbons (Fsp3) is 0.364. The maximum Gasteiger partial charge on any atom is 0.242 e. The Morgan fingerprint density at radius 3 is 2.29 bits per heavy atom. The number of carbonyl (C=O) groups excluding carboxylic acids is 2. The third-order valence-corrected chi connectivity index (χ3v) is 5.17. The molecule has 2 aromatic rings. The van der Waals surface area contributed by atoms with Crippen LogP contribution >= 0.6 is 23.2 Å². The molecule has 0 aliphatic carbocycles. The van der Waals surface area contributed by atoms with Crippen molar-refractivity contribution in [3.05, 3.63) is 69.7 Å². The number of amides is 2. The van der Waals surface area contributed by atoms with Gasteiger partial charge in [-0.3, -0.25) is 9.59 Å². The number of carbonyl (C=O) groups is 2. The van der Waals surface area contributed by atoms with Crippen LogP contribution in [0.15, 0.2) is 48.5 Å². The zero-order valence-electron chi connectivity index (χ0n) is 16.4. The highest BCUT2D eigenvalue weighted by molar-refractivity contribution is 6.30. The molecule has 0 fully saturated rings. The number of halogens is 2. The minimum Gasteiger partial charge on any atom is -0.352 e. The average molecular weight is 421 g/mol. The number of hydrogen-bond acceptors (Lipinski definition) is 2. The van der Waals surface area contributed by atoms with Crippen LogP contribution in [0.5, 0.6) is 0 Å². The lowest BCUT2D eigenvalue weighted by atomic mass is 10.1. The van der Waals surface area contributed by atoms with Crippen molar-refractivity contribution in [3.8, 4) is 0 Å². The first kappa shape index (κ1) is 22.3. The molecule has 0 heterocycles. The fourth-order valence-electron chi connectivity index (χ4n) is 2.76. The number of nitrogens with one attached hydrogen (secondary N) is 1. The third kappa shape index (κ3) is 6.54.